The predicted octanol–water partition coefficient (Wildman–Crippen LogP) is -0.680. The molecule has 0 atom stereocenters. The van der Waals surface area contributed by atoms with E-state index in [0.29, 0.717) is 0 Å². The Morgan fingerprint density at radius 2 is 2.00 bits per heavy atom. The second-order valence-corrected chi connectivity index (χ2v) is 0.768. The maximum Gasteiger partial charge on any atom is 0.217 e. The van der Waals surface area contributed by atoms with Gasteiger partial charge in [0.05, 0.1) is 0 Å². The van der Waals surface area contributed by atoms with E-state index in [1.54, 1.807) is 6.92 Å². The van der Waals surface area contributed by atoms with E-state index in [2.05, 4.69) is 11.8 Å². The molecule has 0 aliphatic heterocycles. The molecule has 2 nitrogen and oxygen atoms in total. The molecular weight excluding hydrogens is 80.0 g/mol. The van der Waals surface area contributed by atoms with E-state index in [1.165, 1.54) is 0 Å². The van der Waals surface area contributed by atoms with Gasteiger partial charge in [-0.25, -0.2) is 0 Å². The van der Waals surface area contributed by atoms with Gasteiger partial charge in [-0.05, 0) is 12.8 Å². The van der Waals surface area contributed by atoms with Crippen LogP contribution in [0.25, 0.3) is 0 Å². The molecule has 2 heteroatoms. The van der Waals surface area contributed by atoms with E-state index in [-0.39, 0.29) is 0 Å². The second kappa shape index (κ2) is 2.70. The minimum absolute atomic E-state index is 1.46. The molecule has 0 amide bonds. The number of aliphatic hydroxyl groups is 2. The van der Waals surface area contributed by atoms with Crippen molar-refractivity contribution in [1.82, 2.24) is 0 Å². The van der Waals surface area contributed by atoms with Gasteiger partial charge in [0.25, 0.3) is 0 Å². The molecule has 0 aromatic rings. The average Bonchev–Trinajstić information content (AvgIpc) is 1.35. The lowest BCUT2D eigenvalue weighted by Gasteiger charge is -1.82. The van der Waals surface area contributed by atoms with Gasteiger partial charge in [-0.1, -0.05) is 0 Å². The molecule has 0 radical (unpaired) electrons. The highest BCUT2D eigenvalue weighted by Gasteiger charge is 1.79. The number of hydrogen-bond donors (Lipinski definition) is 2. The topological polar surface area (TPSA) is 40.5 Å². The van der Waals surface area contributed by atoms with Crippen LogP contribution in [0.4, 0.5) is 0 Å². The second-order valence-electron chi connectivity index (χ2n) is 0.768. The smallest absolute Gasteiger partial charge is 0.217 e. The van der Waals surface area contributed by atoms with E-state index < -0.39 is 6.29 Å². The SMILES string of the molecule is CC#CC(O)O. The largest absolute Gasteiger partial charge is 0.358 e. The Labute approximate surface area is 36.4 Å². The van der Waals surface area contributed by atoms with Crippen molar-refractivity contribution in [3.63, 3.8) is 0 Å². The van der Waals surface area contributed by atoms with Gasteiger partial charge in [0.15, 0.2) is 0 Å². The summed E-state index contributed by atoms with van der Waals surface area (Å²) in [6.45, 7) is 1.54. The van der Waals surface area contributed by atoms with Crippen LogP contribution in [0, 0.1) is 11.8 Å². The first-order valence-corrected chi connectivity index (χ1v) is 1.56. The summed E-state index contributed by atoms with van der Waals surface area (Å²) in [5.74, 6) is 4.39. The molecule has 34 valence electrons. The Morgan fingerprint density at radius 1 is 1.50 bits per heavy atom. The molecule has 0 heterocycles. The summed E-state index contributed by atoms with van der Waals surface area (Å²) in [6.07, 6.45) is -1.46. The maximum atomic E-state index is 7.93. The summed E-state index contributed by atoms with van der Waals surface area (Å²) < 4.78 is 0. The standard InChI is InChI=1S/C4H6O2/c1-2-3-4(5)6/h4-6H,1H3. The molecular formula is C4H6O2. The van der Waals surface area contributed by atoms with Crippen LogP contribution in [0.3, 0.4) is 0 Å². The fraction of sp³-hybridized carbons (Fsp3) is 0.500. The molecule has 0 aromatic carbocycles. The minimum atomic E-state index is -1.46. The number of rotatable bonds is 0. The summed E-state index contributed by atoms with van der Waals surface area (Å²) in [6, 6.07) is 0. The molecule has 0 fully saturated rings. The van der Waals surface area contributed by atoms with Gasteiger partial charge < -0.3 is 10.2 Å². The van der Waals surface area contributed by atoms with Gasteiger partial charge >= 0.3 is 0 Å². The van der Waals surface area contributed by atoms with Crippen LogP contribution in [0.15, 0.2) is 0 Å². The lowest BCUT2D eigenvalue weighted by molar-refractivity contribution is 0.0108. The van der Waals surface area contributed by atoms with Crippen molar-refractivity contribution < 1.29 is 10.2 Å². The lowest BCUT2D eigenvalue weighted by atomic mass is 10.6. The highest BCUT2D eigenvalue weighted by Crippen LogP contribution is 1.63. The summed E-state index contributed by atoms with van der Waals surface area (Å²) in [7, 11) is 0. The van der Waals surface area contributed by atoms with Crippen LogP contribution < -0.4 is 0 Å². The Bertz CT molecular complexity index is 75.3. The molecule has 0 aliphatic rings. The van der Waals surface area contributed by atoms with Crippen molar-refractivity contribution in [2.45, 2.75) is 13.2 Å². The summed E-state index contributed by atoms with van der Waals surface area (Å²) in [4.78, 5) is 0. The summed E-state index contributed by atoms with van der Waals surface area (Å²) in [5, 5.41) is 15.9. The van der Waals surface area contributed by atoms with Crippen molar-refractivity contribution in [1.29, 1.82) is 0 Å². The third kappa shape index (κ3) is 3.48. The Hall–Kier alpha value is -0.520. The van der Waals surface area contributed by atoms with Crippen molar-refractivity contribution in [3.05, 3.63) is 0 Å². The van der Waals surface area contributed by atoms with Crippen molar-refractivity contribution in [3.8, 4) is 11.8 Å². The maximum absolute atomic E-state index is 7.93. The number of aliphatic hydroxyl groups excluding tert-OH is 1. The zero-order chi connectivity index (χ0) is 4.99. The van der Waals surface area contributed by atoms with Gasteiger partial charge in [-0.15, -0.1) is 5.92 Å². The summed E-state index contributed by atoms with van der Waals surface area (Å²) in [5.41, 5.74) is 0. The van der Waals surface area contributed by atoms with E-state index in [1.807, 2.05) is 0 Å². The predicted molar refractivity (Wildman–Crippen MR) is 21.7 cm³/mol. The third-order valence-corrected chi connectivity index (χ3v) is 0.273. The number of hydrogen-bond acceptors (Lipinski definition) is 2. The third-order valence-electron chi connectivity index (χ3n) is 0.273. The average molecular weight is 86.1 g/mol. The Morgan fingerprint density at radius 3 is 2.00 bits per heavy atom. The quantitative estimate of drug-likeness (QED) is 0.303. The van der Waals surface area contributed by atoms with Crippen molar-refractivity contribution in [2.24, 2.45) is 0 Å². The normalized spacial score (nSPS) is 7.33. The molecule has 0 saturated heterocycles. The fourth-order valence-electron chi connectivity index (χ4n) is 0.129. The van der Waals surface area contributed by atoms with Crippen LogP contribution in [-0.2, 0) is 0 Å². The first-order chi connectivity index (χ1) is 2.77. The Kier molecular flexibility index (Phi) is 2.47. The lowest BCUT2D eigenvalue weighted by Crippen LogP contribution is -1.97. The Balaban J connectivity index is 3.20. The highest BCUT2D eigenvalue weighted by atomic mass is 16.5. The van der Waals surface area contributed by atoms with Crippen LogP contribution in [0.2, 0.25) is 0 Å². The molecule has 0 unspecified atom stereocenters. The van der Waals surface area contributed by atoms with E-state index in [9.17, 15) is 0 Å². The molecule has 0 rings (SSSR count). The fourth-order valence-corrected chi connectivity index (χ4v) is 0.129. The molecule has 0 aromatic heterocycles. The van der Waals surface area contributed by atoms with E-state index in [0.717, 1.165) is 0 Å². The molecule has 2 N–H and O–H groups in total. The van der Waals surface area contributed by atoms with Crippen LogP contribution in [0.1, 0.15) is 6.92 Å². The monoisotopic (exact) mass is 86.0 g/mol. The highest BCUT2D eigenvalue weighted by molar-refractivity contribution is 4.96. The van der Waals surface area contributed by atoms with E-state index in [4.69, 9.17) is 10.2 Å². The first kappa shape index (κ1) is 5.48. The zero-order valence-corrected chi connectivity index (χ0v) is 3.47. The van der Waals surface area contributed by atoms with Crippen LogP contribution in [0.5, 0.6) is 0 Å². The van der Waals surface area contributed by atoms with Gasteiger partial charge in [0.2, 0.25) is 6.29 Å². The van der Waals surface area contributed by atoms with Gasteiger partial charge in [0, 0.05) is 0 Å². The molecule has 6 heavy (non-hydrogen) atoms. The molecule has 0 saturated carbocycles. The minimum Gasteiger partial charge on any atom is -0.358 e. The molecule has 0 aliphatic carbocycles. The van der Waals surface area contributed by atoms with Crippen molar-refractivity contribution >= 4 is 0 Å². The zero-order valence-electron chi connectivity index (χ0n) is 3.47. The van der Waals surface area contributed by atoms with Crippen molar-refractivity contribution in [2.75, 3.05) is 0 Å². The van der Waals surface area contributed by atoms with Crippen LogP contribution >= 0.6 is 0 Å². The van der Waals surface area contributed by atoms with Gasteiger partial charge in [0.1, 0.15) is 0 Å². The first-order valence-electron chi connectivity index (χ1n) is 1.56. The summed E-state index contributed by atoms with van der Waals surface area (Å²) >= 11 is 0. The molecule has 0 bridgehead atoms. The van der Waals surface area contributed by atoms with Gasteiger partial charge in [-0.2, -0.15) is 0 Å². The molecule has 0 spiro atoms. The van der Waals surface area contributed by atoms with E-state index >= 15 is 0 Å². The van der Waals surface area contributed by atoms with Crippen LogP contribution in [-0.4, -0.2) is 16.5 Å². The van der Waals surface area contributed by atoms with Gasteiger partial charge in [-0.3, -0.25) is 0 Å².